The van der Waals surface area contributed by atoms with Crippen molar-refractivity contribution in [2.45, 2.75) is 99.6 Å². The average Bonchev–Trinajstić information content (AvgIpc) is 3.53. The van der Waals surface area contributed by atoms with Crippen LogP contribution in [-0.4, -0.2) is 37.7 Å². The Morgan fingerprint density at radius 1 is 0.860 bits per heavy atom. The molecule has 0 fully saturated rings. The maximum Gasteiger partial charge on any atom is 0.357 e. The highest BCUT2D eigenvalue weighted by Gasteiger charge is 2.22. The van der Waals surface area contributed by atoms with Crippen LogP contribution in [-0.2, 0) is 35.1 Å². The van der Waals surface area contributed by atoms with E-state index in [0.29, 0.717) is 57.9 Å². The summed E-state index contributed by atoms with van der Waals surface area (Å²) in [6.45, 7) is 28.9. The normalized spacial score (nSPS) is 11.6. The molecule has 2 aromatic carbocycles. The molecule has 4 aromatic rings. The number of carbonyl (C=O) groups excluding carboxylic acids is 1. The van der Waals surface area contributed by atoms with Gasteiger partial charge in [0, 0.05) is 13.1 Å². The van der Waals surface area contributed by atoms with Crippen molar-refractivity contribution in [3.8, 4) is 6.07 Å². The summed E-state index contributed by atoms with van der Waals surface area (Å²) in [6, 6.07) is 18.1. The molecule has 0 aliphatic heterocycles. The van der Waals surface area contributed by atoms with Crippen molar-refractivity contribution in [1.29, 1.82) is 5.26 Å². The number of aliphatic hydroxyl groups is 1. The Balaban J connectivity index is 0.000000283. The third kappa shape index (κ3) is 10.5. The molecule has 2 aromatic heterocycles. The van der Waals surface area contributed by atoms with Crippen LogP contribution in [0.2, 0.25) is 10.0 Å². The van der Waals surface area contributed by atoms with Gasteiger partial charge in [0.05, 0.1) is 47.6 Å². The number of carbonyl (C=O) groups is 1. The summed E-state index contributed by atoms with van der Waals surface area (Å²) in [5, 5.41) is 28.3. The zero-order chi connectivity index (χ0) is 38.0. The zero-order valence-electron chi connectivity index (χ0n) is 30.9. The van der Waals surface area contributed by atoms with Gasteiger partial charge in [-0.25, -0.2) is 9.64 Å². The van der Waals surface area contributed by atoms with Crippen molar-refractivity contribution < 1.29 is 14.6 Å². The van der Waals surface area contributed by atoms with Crippen LogP contribution in [0.25, 0.3) is 16.3 Å². The van der Waals surface area contributed by atoms with Crippen LogP contribution < -0.4 is 0 Å². The van der Waals surface area contributed by atoms with Crippen molar-refractivity contribution in [3.05, 3.63) is 115 Å². The van der Waals surface area contributed by atoms with Crippen LogP contribution in [0, 0.1) is 31.8 Å². The molecule has 0 radical (unpaired) electrons. The minimum atomic E-state index is -0.451. The average molecular weight is 720 g/mol. The standard InChI is InChI=1S/C19H22ClN3O.C12H15N.C8H11ClN2O2/c1-7-23-17(15(20)12(2)22-23)18(24)16(21-6)13-8-10-14(11-9-13)19(3,4)5;1-12(2,3)11-6-4-10(5-7-11)8-9-13;1-4-11-7(8(12)13-3)6(9)5(2)10-11/h8-11,24H,7H2,1-5H3;4-7H,8H2,1-3H3;4H2,1-3H3. The lowest BCUT2D eigenvalue weighted by atomic mass is 9.86. The van der Waals surface area contributed by atoms with Gasteiger partial charge in [-0.2, -0.15) is 15.5 Å². The third-order valence-electron chi connectivity index (χ3n) is 7.77. The zero-order valence-corrected chi connectivity index (χ0v) is 32.5. The molecule has 0 unspecified atom stereocenters. The maximum absolute atomic E-state index is 11.3. The lowest BCUT2D eigenvalue weighted by Gasteiger charge is -2.19. The second kappa shape index (κ2) is 17.9. The fraction of sp³-hybridized carbons (Fsp3) is 0.410. The fourth-order valence-corrected chi connectivity index (χ4v) is 5.24. The lowest BCUT2D eigenvalue weighted by molar-refractivity contribution is 0.0587. The van der Waals surface area contributed by atoms with Crippen molar-refractivity contribution in [2.75, 3.05) is 7.11 Å². The van der Waals surface area contributed by atoms with Gasteiger partial charge in [-0.1, -0.05) is 113 Å². The number of hydrogen-bond acceptors (Lipinski definition) is 6. The van der Waals surface area contributed by atoms with E-state index < -0.39 is 5.97 Å². The Morgan fingerprint density at radius 2 is 1.28 bits per heavy atom. The van der Waals surface area contributed by atoms with E-state index in [-0.39, 0.29) is 22.3 Å². The minimum absolute atomic E-state index is 0.0316. The van der Waals surface area contributed by atoms with Gasteiger partial charge in [0.15, 0.2) is 11.5 Å². The van der Waals surface area contributed by atoms with Crippen LogP contribution in [0.5, 0.6) is 0 Å². The SMILES string of the molecule is CC(C)(C)c1ccc(CC#N)cc1.CCn1nc(C)c(Cl)c1C(=O)OC.[C-]#[N+]C(=C(O)c1c(Cl)c(C)nn1CC)c1ccc(C(C)(C)C)cc1. The molecule has 266 valence electrons. The van der Waals surface area contributed by atoms with Crippen molar-refractivity contribution >= 4 is 40.6 Å². The molecule has 4 rings (SSSR count). The predicted octanol–water partition coefficient (Wildman–Crippen LogP) is 10.2. The Hall–Kier alpha value is -4.57. The van der Waals surface area contributed by atoms with E-state index in [2.05, 4.69) is 79.5 Å². The van der Waals surface area contributed by atoms with E-state index in [9.17, 15) is 9.90 Å². The molecular formula is C39H48Cl2N6O3. The van der Waals surface area contributed by atoms with Crippen molar-refractivity contribution in [2.24, 2.45) is 0 Å². The summed E-state index contributed by atoms with van der Waals surface area (Å²) in [7, 11) is 1.32. The van der Waals surface area contributed by atoms with Gasteiger partial charge in [0.2, 0.25) is 5.70 Å². The highest BCUT2D eigenvalue weighted by Crippen LogP contribution is 2.33. The molecule has 0 atom stereocenters. The number of hydrogen-bond donors (Lipinski definition) is 1. The molecule has 0 aliphatic carbocycles. The highest BCUT2D eigenvalue weighted by atomic mass is 35.5. The Kier molecular flexibility index (Phi) is 14.9. The van der Waals surface area contributed by atoms with Gasteiger partial charge in [-0.05, 0) is 60.8 Å². The topological polar surface area (TPSA) is 110 Å². The molecule has 0 amide bonds. The van der Waals surface area contributed by atoms with Crippen LogP contribution >= 0.6 is 23.2 Å². The van der Waals surface area contributed by atoms with Gasteiger partial charge in [0.25, 0.3) is 0 Å². The molecule has 50 heavy (non-hydrogen) atoms. The van der Waals surface area contributed by atoms with E-state index in [4.69, 9.17) is 35.0 Å². The molecule has 0 saturated carbocycles. The van der Waals surface area contributed by atoms with E-state index in [0.717, 1.165) is 5.56 Å². The summed E-state index contributed by atoms with van der Waals surface area (Å²) >= 11 is 12.2. The van der Waals surface area contributed by atoms with E-state index >= 15 is 0 Å². The summed E-state index contributed by atoms with van der Waals surface area (Å²) in [5.41, 5.74) is 6.63. The molecular weight excluding hydrogens is 671 g/mol. The van der Waals surface area contributed by atoms with Gasteiger partial charge >= 0.3 is 5.97 Å². The molecule has 0 aliphatic rings. The first kappa shape index (κ1) is 41.6. The van der Waals surface area contributed by atoms with Crippen LogP contribution in [0.15, 0.2) is 48.5 Å². The second-order valence-corrected chi connectivity index (χ2v) is 14.3. The van der Waals surface area contributed by atoms with Crippen LogP contribution in [0.1, 0.15) is 105 Å². The van der Waals surface area contributed by atoms with Crippen LogP contribution in [0.3, 0.4) is 0 Å². The molecule has 0 bridgehead atoms. The first-order valence-electron chi connectivity index (χ1n) is 16.3. The quantitative estimate of drug-likeness (QED) is 0.121. The van der Waals surface area contributed by atoms with Gasteiger partial charge in [-0.3, -0.25) is 9.36 Å². The maximum atomic E-state index is 11.3. The van der Waals surface area contributed by atoms with E-state index in [1.54, 1.807) is 18.5 Å². The number of benzene rings is 2. The molecule has 9 nitrogen and oxygen atoms in total. The largest absolute Gasteiger partial charge is 0.517 e. The number of aryl methyl sites for hydroxylation is 4. The molecule has 2 heterocycles. The smallest absolute Gasteiger partial charge is 0.357 e. The minimum Gasteiger partial charge on any atom is -0.517 e. The number of ether oxygens (including phenoxy) is 1. The predicted molar refractivity (Wildman–Crippen MR) is 202 cm³/mol. The first-order valence-corrected chi connectivity index (χ1v) is 17.0. The van der Waals surface area contributed by atoms with E-state index in [1.165, 1.54) is 22.9 Å². The van der Waals surface area contributed by atoms with Gasteiger partial charge < -0.3 is 9.84 Å². The molecule has 1 N–H and O–H groups in total. The number of rotatable bonds is 6. The summed E-state index contributed by atoms with van der Waals surface area (Å²) < 4.78 is 7.73. The number of methoxy groups -OCH3 is 1. The fourth-order valence-electron chi connectivity index (χ4n) is 4.80. The number of nitrogens with zero attached hydrogens (tertiary/aromatic N) is 6. The Labute approximate surface area is 306 Å². The molecule has 0 spiro atoms. The number of halogens is 2. The summed E-state index contributed by atoms with van der Waals surface area (Å²) in [4.78, 5) is 14.8. The lowest BCUT2D eigenvalue weighted by Crippen LogP contribution is -2.11. The van der Waals surface area contributed by atoms with Gasteiger partial charge in [-0.15, -0.1) is 0 Å². The van der Waals surface area contributed by atoms with E-state index in [1.807, 2.05) is 50.2 Å². The number of nitriles is 1. The Bertz CT molecular complexity index is 1880. The molecule has 11 heteroatoms. The number of esters is 1. The summed E-state index contributed by atoms with van der Waals surface area (Å²) in [6.07, 6.45) is 0.504. The van der Waals surface area contributed by atoms with Crippen molar-refractivity contribution in [3.63, 3.8) is 0 Å². The van der Waals surface area contributed by atoms with Gasteiger partial charge in [0.1, 0.15) is 5.69 Å². The number of aliphatic hydroxyl groups excluding tert-OH is 1. The monoisotopic (exact) mass is 718 g/mol. The first-order chi connectivity index (χ1) is 23.4. The Morgan fingerprint density at radius 3 is 1.66 bits per heavy atom. The van der Waals surface area contributed by atoms with Crippen LogP contribution in [0.4, 0.5) is 0 Å². The highest BCUT2D eigenvalue weighted by molar-refractivity contribution is 6.34. The number of aromatic nitrogens is 4. The second-order valence-electron chi connectivity index (χ2n) is 13.5. The summed E-state index contributed by atoms with van der Waals surface area (Å²) in [5.74, 6) is -0.589. The molecule has 0 saturated heterocycles. The third-order valence-corrected chi connectivity index (χ3v) is 8.68. The van der Waals surface area contributed by atoms with Crippen molar-refractivity contribution in [1.82, 2.24) is 19.6 Å².